The maximum absolute atomic E-state index is 13.6. The minimum atomic E-state index is -1.32. The molecule has 1 aromatic rings. The van der Waals surface area contributed by atoms with Crippen LogP contribution in [-0.4, -0.2) is 89.4 Å². The van der Waals surface area contributed by atoms with Crippen LogP contribution in [0.1, 0.15) is 38.8 Å². The standard InChI is InChI=1S/C23H35N3O8S/c1-23(2,3)34-22(32)25-17(9-12-35-5)21(31)26(10-11-27)19(15-7-6-8-16(28)13-15)20(30)24-14-18(29)33-4/h6-8,13,17,19,27-28H,9-12,14H2,1-5H3,(H,24,30)(H,25,32). The Morgan fingerprint density at radius 2 is 1.89 bits per heavy atom. The second-order valence-corrected chi connectivity index (χ2v) is 9.51. The number of ether oxygens (including phenoxy) is 2. The molecule has 1 rings (SSSR count). The molecule has 0 heterocycles. The number of nitrogens with one attached hydrogen (secondary N) is 2. The summed E-state index contributed by atoms with van der Waals surface area (Å²) in [5, 5.41) is 24.6. The second-order valence-electron chi connectivity index (χ2n) is 8.53. The van der Waals surface area contributed by atoms with Gasteiger partial charge in [-0.3, -0.25) is 14.4 Å². The van der Waals surface area contributed by atoms with Gasteiger partial charge in [-0.1, -0.05) is 12.1 Å². The molecule has 0 radical (unpaired) electrons. The van der Waals surface area contributed by atoms with Gasteiger partial charge in [-0.15, -0.1) is 0 Å². The van der Waals surface area contributed by atoms with Gasteiger partial charge in [0.1, 0.15) is 30.0 Å². The average Bonchev–Trinajstić information content (AvgIpc) is 2.78. The van der Waals surface area contributed by atoms with Crippen LogP contribution in [0.25, 0.3) is 0 Å². The molecule has 0 fully saturated rings. The lowest BCUT2D eigenvalue weighted by Crippen LogP contribution is -2.54. The highest BCUT2D eigenvalue weighted by atomic mass is 32.2. The minimum Gasteiger partial charge on any atom is -0.508 e. The van der Waals surface area contributed by atoms with Crippen molar-refractivity contribution in [2.75, 3.05) is 38.8 Å². The number of aliphatic hydroxyl groups is 1. The zero-order valence-electron chi connectivity index (χ0n) is 20.7. The number of thioether (sulfide) groups is 1. The van der Waals surface area contributed by atoms with Crippen molar-refractivity contribution in [2.45, 2.75) is 44.9 Å². The molecule has 0 aliphatic rings. The second kappa shape index (κ2) is 14.4. The molecule has 11 nitrogen and oxygen atoms in total. The lowest BCUT2D eigenvalue weighted by atomic mass is 10.0. The summed E-state index contributed by atoms with van der Waals surface area (Å²) in [7, 11) is 1.17. The highest BCUT2D eigenvalue weighted by Crippen LogP contribution is 2.26. The van der Waals surface area contributed by atoms with E-state index in [4.69, 9.17) is 4.74 Å². The highest BCUT2D eigenvalue weighted by Gasteiger charge is 2.36. The fraction of sp³-hybridized carbons (Fsp3) is 0.565. The molecule has 0 saturated carbocycles. The zero-order chi connectivity index (χ0) is 26.6. The third-order valence-corrected chi connectivity index (χ3v) is 5.25. The van der Waals surface area contributed by atoms with Crippen molar-refractivity contribution in [3.8, 4) is 5.75 Å². The molecule has 2 unspecified atom stereocenters. The van der Waals surface area contributed by atoms with Crippen molar-refractivity contribution in [1.29, 1.82) is 0 Å². The number of phenolic OH excluding ortho intramolecular Hbond substituents is 1. The first-order chi connectivity index (χ1) is 16.4. The summed E-state index contributed by atoms with van der Waals surface area (Å²) in [4.78, 5) is 51.9. The van der Waals surface area contributed by atoms with Gasteiger partial charge in [-0.25, -0.2) is 4.79 Å². The maximum Gasteiger partial charge on any atom is 0.408 e. The van der Waals surface area contributed by atoms with Crippen LogP contribution >= 0.6 is 11.8 Å². The maximum atomic E-state index is 13.6. The van der Waals surface area contributed by atoms with E-state index in [2.05, 4.69) is 15.4 Å². The summed E-state index contributed by atoms with van der Waals surface area (Å²) in [6.07, 6.45) is 1.28. The predicted octanol–water partition coefficient (Wildman–Crippen LogP) is 1.19. The molecule has 4 N–H and O–H groups in total. The van der Waals surface area contributed by atoms with E-state index in [1.807, 2.05) is 6.26 Å². The van der Waals surface area contributed by atoms with Crippen LogP contribution in [0.4, 0.5) is 4.79 Å². The number of hydrogen-bond donors (Lipinski definition) is 4. The predicted molar refractivity (Wildman–Crippen MR) is 131 cm³/mol. The first-order valence-corrected chi connectivity index (χ1v) is 12.4. The average molecular weight is 514 g/mol. The summed E-state index contributed by atoms with van der Waals surface area (Å²) in [6, 6.07) is 3.35. The number of esters is 1. The van der Waals surface area contributed by atoms with Gasteiger partial charge in [-0.05, 0) is 56.9 Å². The van der Waals surface area contributed by atoms with E-state index in [1.165, 1.54) is 43.1 Å². The van der Waals surface area contributed by atoms with Gasteiger partial charge >= 0.3 is 12.1 Å². The van der Waals surface area contributed by atoms with Crippen molar-refractivity contribution < 1.29 is 38.9 Å². The SMILES string of the molecule is COC(=O)CNC(=O)C(c1cccc(O)c1)N(CCO)C(=O)C(CCSC)NC(=O)OC(C)(C)C. The molecule has 0 spiro atoms. The van der Waals surface area contributed by atoms with Gasteiger partial charge in [-0.2, -0.15) is 11.8 Å². The molecule has 2 atom stereocenters. The van der Waals surface area contributed by atoms with Gasteiger partial charge in [0.25, 0.3) is 0 Å². The number of benzene rings is 1. The quantitative estimate of drug-likeness (QED) is 0.302. The van der Waals surface area contributed by atoms with Crippen molar-refractivity contribution in [3.63, 3.8) is 0 Å². The molecular weight excluding hydrogens is 478 g/mol. The van der Waals surface area contributed by atoms with Crippen molar-refractivity contribution >= 4 is 35.6 Å². The number of amides is 3. The monoisotopic (exact) mass is 513 g/mol. The number of carbonyl (C=O) groups excluding carboxylic acids is 4. The molecule has 0 aliphatic carbocycles. The number of alkyl carbamates (subject to hydrolysis) is 1. The van der Waals surface area contributed by atoms with Crippen molar-refractivity contribution in [1.82, 2.24) is 15.5 Å². The van der Waals surface area contributed by atoms with E-state index in [-0.39, 0.29) is 24.3 Å². The number of aliphatic hydroxyl groups excluding tert-OH is 1. The number of nitrogens with zero attached hydrogens (tertiary/aromatic N) is 1. The van der Waals surface area contributed by atoms with E-state index < -0.39 is 54.7 Å². The lowest BCUT2D eigenvalue weighted by molar-refractivity contribution is -0.145. The summed E-state index contributed by atoms with van der Waals surface area (Å²) >= 11 is 1.46. The largest absolute Gasteiger partial charge is 0.508 e. The third kappa shape index (κ3) is 10.4. The fourth-order valence-corrected chi connectivity index (χ4v) is 3.58. The first-order valence-electron chi connectivity index (χ1n) is 11.0. The van der Waals surface area contributed by atoms with Crippen molar-refractivity contribution in [3.05, 3.63) is 29.8 Å². The minimum absolute atomic E-state index is 0.143. The molecule has 3 amide bonds. The van der Waals surface area contributed by atoms with Crippen LogP contribution in [0.2, 0.25) is 0 Å². The van der Waals surface area contributed by atoms with E-state index in [1.54, 1.807) is 20.8 Å². The Kier molecular flexibility index (Phi) is 12.4. The third-order valence-electron chi connectivity index (χ3n) is 4.60. The molecule has 1 aromatic carbocycles. The lowest BCUT2D eigenvalue weighted by Gasteiger charge is -2.34. The van der Waals surface area contributed by atoms with Crippen LogP contribution in [0.15, 0.2) is 24.3 Å². The van der Waals surface area contributed by atoms with Crippen LogP contribution in [0.5, 0.6) is 5.75 Å². The van der Waals surface area contributed by atoms with Gasteiger partial charge in [0.15, 0.2) is 0 Å². The van der Waals surface area contributed by atoms with E-state index in [0.717, 1.165) is 4.90 Å². The Labute approximate surface area is 209 Å². The molecule has 35 heavy (non-hydrogen) atoms. The fourth-order valence-electron chi connectivity index (χ4n) is 3.11. The Hall–Kier alpha value is -2.99. The van der Waals surface area contributed by atoms with Gasteiger partial charge in [0.2, 0.25) is 11.8 Å². The smallest absolute Gasteiger partial charge is 0.408 e. The van der Waals surface area contributed by atoms with Crippen molar-refractivity contribution in [2.24, 2.45) is 0 Å². The Bertz CT molecular complexity index is 875. The van der Waals surface area contributed by atoms with Gasteiger partial charge in [0, 0.05) is 6.54 Å². The number of aromatic hydroxyl groups is 1. The molecule has 0 saturated heterocycles. The number of carbonyl (C=O) groups is 4. The molecule has 0 bridgehead atoms. The topological polar surface area (TPSA) is 154 Å². The van der Waals surface area contributed by atoms with Crippen LogP contribution < -0.4 is 10.6 Å². The zero-order valence-corrected chi connectivity index (χ0v) is 21.5. The first kappa shape index (κ1) is 30.0. The normalized spacial score (nSPS) is 12.7. The van der Waals surface area contributed by atoms with E-state index >= 15 is 0 Å². The van der Waals surface area contributed by atoms with E-state index in [9.17, 15) is 29.4 Å². The summed E-state index contributed by atoms with van der Waals surface area (Å²) in [5.41, 5.74) is -0.546. The number of rotatable bonds is 12. The number of methoxy groups -OCH3 is 1. The van der Waals surface area contributed by atoms with Gasteiger partial charge in [0.05, 0.1) is 13.7 Å². The Balaban J connectivity index is 3.37. The van der Waals surface area contributed by atoms with Gasteiger partial charge < -0.3 is 35.2 Å². The summed E-state index contributed by atoms with van der Waals surface area (Å²) < 4.78 is 9.83. The molecule has 0 aromatic heterocycles. The van der Waals surface area contributed by atoms with Crippen LogP contribution in [0, 0.1) is 0 Å². The highest BCUT2D eigenvalue weighted by molar-refractivity contribution is 7.98. The Morgan fingerprint density at radius 1 is 1.20 bits per heavy atom. The number of hydrogen-bond acceptors (Lipinski definition) is 9. The summed E-state index contributed by atoms with van der Waals surface area (Å²) in [5.74, 6) is -1.69. The molecule has 0 aliphatic heterocycles. The Morgan fingerprint density at radius 3 is 2.43 bits per heavy atom. The summed E-state index contributed by atoms with van der Waals surface area (Å²) in [6.45, 7) is 3.88. The molecular formula is C23H35N3O8S. The van der Waals surface area contributed by atoms with E-state index in [0.29, 0.717) is 5.75 Å². The number of phenols is 1. The molecule has 12 heteroatoms. The molecule has 196 valence electrons. The van der Waals surface area contributed by atoms with Crippen LogP contribution in [0.3, 0.4) is 0 Å². The van der Waals surface area contributed by atoms with Crippen LogP contribution in [-0.2, 0) is 23.9 Å².